The van der Waals surface area contributed by atoms with Gasteiger partial charge in [-0.3, -0.25) is 9.67 Å². The largest absolute Gasteiger partial charge is 0.369 e. The van der Waals surface area contributed by atoms with Crippen LogP contribution in [0.15, 0.2) is 61.2 Å². The van der Waals surface area contributed by atoms with E-state index in [1.165, 1.54) is 16.8 Å². The number of nitrogens with one attached hydrogen (secondary N) is 1. The fourth-order valence-electron chi connectivity index (χ4n) is 4.39. The van der Waals surface area contributed by atoms with E-state index in [2.05, 4.69) is 58.4 Å². The number of aromatic nitrogens is 5. The molecule has 0 amide bonds. The molecule has 4 heterocycles. The van der Waals surface area contributed by atoms with Gasteiger partial charge in [-0.2, -0.15) is 5.10 Å². The molecule has 5 rings (SSSR count). The quantitative estimate of drug-likeness (QED) is 0.494. The Kier molecular flexibility index (Phi) is 6.13. The average Bonchev–Trinajstić information content (AvgIpc) is 3.30. The molecule has 0 radical (unpaired) electrons. The topological polar surface area (TPSA) is 71.8 Å². The zero-order valence-electron chi connectivity index (χ0n) is 19.2. The van der Waals surface area contributed by atoms with Gasteiger partial charge in [-0.15, -0.1) is 0 Å². The maximum Gasteiger partial charge on any atom is 0.133 e. The summed E-state index contributed by atoms with van der Waals surface area (Å²) >= 11 is 0. The van der Waals surface area contributed by atoms with Gasteiger partial charge in [0.05, 0.1) is 5.69 Å². The maximum atomic E-state index is 4.91. The summed E-state index contributed by atoms with van der Waals surface area (Å²) in [5.41, 5.74) is 7.60. The Hall–Kier alpha value is -3.58. The maximum absolute atomic E-state index is 4.91. The molecule has 7 heteroatoms. The first kappa shape index (κ1) is 21.3. The first-order chi connectivity index (χ1) is 16.2. The number of pyridine rings is 1. The Labute approximate surface area is 194 Å². The summed E-state index contributed by atoms with van der Waals surface area (Å²) in [5.74, 6) is 0.809. The molecule has 1 N–H and O–H groups in total. The highest BCUT2D eigenvalue weighted by molar-refractivity contribution is 5.78. The van der Waals surface area contributed by atoms with Gasteiger partial charge in [-0.1, -0.05) is 12.1 Å². The van der Waals surface area contributed by atoms with Crippen LogP contribution in [0, 0.1) is 6.92 Å². The first-order valence-electron chi connectivity index (χ1n) is 11.6. The van der Waals surface area contributed by atoms with E-state index < -0.39 is 0 Å². The van der Waals surface area contributed by atoms with Gasteiger partial charge in [0.1, 0.15) is 11.5 Å². The molecular formula is C26H29N7. The molecule has 1 aliphatic rings. The molecule has 0 saturated carbocycles. The lowest BCUT2D eigenvalue weighted by Gasteiger charge is -2.30. The van der Waals surface area contributed by atoms with E-state index in [-0.39, 0.29) is 0 Å². The molecular weight excluding hydrogens is 410 g/mol. The van der Waals surface area contributed by atoms with Crippen LogP contribution in [-0.2, 0) is 13.0 Å². The third-order valence-corrected chi connectivity index (χ3v) is 6.08. The van der Waals surface area contributed by atoms with Gasteiger partial charge in [0.25, 0.3) is 0 Å². The number of hydrogen-bond donors (Lipinski definition) is 1. The van der Waals surface area contributed by atoms with Gasteiger partial charge >= 0.3 is 0 Å². The summed E-state index contributed by atoms with van der Waals surface area (Å²) in [6.07, 6.45) is 8.21. The van der Waals surface area contributed by atoms with Crippen LogP contribution in [0.3, 0.4) is 0 Å². The zero-order valence-corrected chi connectivity index (χ0v) is 19.2. The van der Waals surface area contributed by atoms with Crippen molar-refractivity contribution in [1.29, 1.82) is 0 Å². The third-order valence-electron chi connectivity index (χ3n) is 6.08. The van der Waals surface area contributed by atoms with Crippen LogP contribution in [0.2, 0.25) is 0 Å². The van der Waals surface area contributed by atoms with Crippen molar-refractivity contribution >= 4 is 5.69 Å². The number of nitrogens with zero attached hydrogens (tertiary/aromatic N) is 6. The number of aryl methyl sites for hydroxylation is 2. The van der Waals surface area contributed by atoms with Crippen LogP contribution in [0.25, 0.3) is 22.5 Å². The highest BCUT2D eigenvalue weighted by Crippen LogP contribution is 2.30. The van der Waals surface area contributed by atoms with E-state index in [1.807, 2.05) is 35.3 Å². The van der Waals surface area contributed by atoms with E-state index in [4.69, 9.17) is 10.1 Å². The van der Waals surface area contributed by atoms with Crippen LogP contribution in [0.5, 0.6) is 0 Å². The summed E-state index contributed by atoms with van der Waals surface area (Å²) in [6, 6.07) is 12.6. The minimum absolute atomic E-state index is 0.695. The third kappa shape index (κ3) is 4.64. The predicted octanol–water partition coefficient (Wildman–Crippen LogP) is 3.73. The normalized spacial score (nSPS) is 13.9. The van der Waals surface area contributed by atoms with Gasteiger partial charge in [0.2, 0.25) is 0 Å². The lowest BCUT2D eigenvalue weighted by Crippen LogP contribution is -2.43. The summed E-state index contributed by atoms with van der Waals surface area (Å²) in [7, 11) is 0. The van der Waals surface area contributed by atoms with E-state index in [1.54, 1.807) is 6.20 Å². The second-order valence-corrected chi connectivity index (χ2v) is 8.38. The molecule has 1 fully saturated rings. The van der Waals surface area contributed by atoms with Crippen LogP contribution >= 0.6 is 0 Å². The Morgan fingerprint density at radius 2 is 1.94 bits per heavy atom. The van der Waals surface area contributed by atoms with E-state index in [9.17, 15) is 0 Å². The van der Waals surface area contributed by atoms with E-state index in [0.717, 1.165) is 61.1 Å². The first-order valence-corrected chi connectivity index (χ1v) is 11.6. The Morgan fingerprint density at radius 3 is 2.70 bits per heavy atom. The second kappa shape index (κ2) is 9.50. The van der Waals surface area contributed by atoms with Gasteiger partial charge in [0.15, 0.2) is 0 Å². The van der Waals surface area contributed by atoms with Gasteiger partial charge in [-0.05, 0) is 49.2 Å². The minimum atomic E-state index is 0.695. The molecule has 0 aliphatic carbocycles. The smallest absolute Gasteiger partial charge is 0.133 e. The highest BCUT2D eigenvalue weighted by atomic mass is 15.3. The Morgan fingerprint density at radius 1 is 1.06 bits per heavy atom. The van der Waals surface area contributed by atoms with Crippen molar-refractivity contribution in [1.82, 2.24) is 30.0 Å². The standard InChI is InChI=1S/C26H29N7/c1-3-33-18-22(26(31-33)21-5-4-9-28-17-21)23-8-10-29-25(30-23)16-20-6-7-24(19(2)15-20)32-13-11-27-12-14-32/h4-10,15,17-18,27H,3,11-14,16H2,1-2H3. The fraction of sp³-hybridized carbons (Fsp3) is 0.308. The number of benzene rings is 1. The monoisotopic (exact) mass is 439 g/mol. The lowest BCUT2D eigenvalue weighted by molar-refractivity contribution is 0.588. The Balaban J connectivity index is 1.42. The number of rotatable bonds is 6. The average molecular weight is 440 g/mol. The summed E-state index contributed by atoms with van der Waals surface area (Å²) in [6.45, 7) is 9.25. The number of anilines is 1. The molecule has 1 aliphatic heterocycles. The van der Waals surface area contributed by atoms with Crippen molar-refractivity contribution in [2.75, 3.05) is 31.1 Å². The van der Waals surface area contributed by atoms with Gasteiger partial charge in [-0.25, -0.2) is 9.97 Å². The molecule has 33 heavy (non-hydrogen) atoms. The van der Waals surface area contributed by atoms with Crippen molar-refractivity contribution in [3.63, 3.8) is 0 Å². The van der Waals surface area contributed by atoms with Crippen LogP contribution in [0.4, 0.5) is 5.69 Å². The number of hydrogen-bond acceptors (Lipinski definition) is 6. The molecule has 0 spiro atoms. The Bertz CT molecular complexity index is 1230. The van der Waals surface area contributed by atoms with Crippen molar-refractivity contribution in [2.45, 2.75) is 26.8 Å². The molecule has 1 saturated heterocycles. The van der Waals surface area contributed by atoms with Crippen molar-refractivity contribution in [2.24, 2.45) is 0 Å². The van der Waals surface area contributed by atoms with Crippen LogP contribution in [-0.4, -0.2) is 50.9 Å². The van der Waals surface area contributed by atoms with E-state index in [0.29, 0.717) is 6.42 Å². The molecule has 0 bridgehead atoms. The second-order valence-electron chi connectivity index (χ2n) is 8.38. The molecule has 3 aromatic heterocycles. The van der Waals surface area contributed by atoms with E-state index >= 15 is 0 Å². The van der Waals surface area contributed by atoms with Gasteiger partial charge in [0, 0.05) is 80.7 Å². The minimum Gasteiger partial charge on any atom is -0.369 e. The SMILES string of the molecule is CCn1cc(-c2ccnc(Cc3ccc(N4CCNCC4)c(C)c3)n2)c(-c2cccnc2)n1. The van der Waals surface area contributed by atoms with Crippen molar-refractivity contribution < 1.29 is 0 Å². The molecule has 0 atom stereocenters. The predicted molar refractivity (Wildman–Crippen MR) is 131 cm³/mol. The summed E-state index contributed by atoms with van der Waals surface area (Å²) < 4.78 is 1.94. The van der Waals surface area contributed by atoms with Crippen molar-refractivity contribution in [3.05, 3.63) is 78.1 Å². The summed E-state index contributed by atoms with van der Waals surface area (Å²) in [4.78, 5) is 16.2. The molecule has 0 unspecified atom stereocenters. The molecule has 168 valence electrons. The zero-order chi connectivity index (χ0) is 22.6. The van der Waals surface area contributed by atoms with Gasteiger partial charge < -0.3 is 10.2 Å². The highest BCUT2D eigenvalue weighted by Gasteiger charge is 2.16. The lowest BCUT2D eigenvalue weighted by atomic mass is 10.0. The summed E-state index contributed by atoms with van der Waals surface area (Å²) in [5, 5.41) is 8.18. The molecule has 1 aromatic carbocycles. The number of piperazine rings is 1. The van der Waals surface area contributed by atoms with Crippen LogP contribution in [0.1, 0.15) is 23.9 Å². The molecule has 4 aromatic rings. The van der Waals surface area contributed by atoms with Crippen molar-refractivity contribution in [3.8, 4) is 22.5 Å². The van der Waals surface area contributed by atoms with Crippen LogP contribution < -0.4 is 10.2 Å². The fourth-order valence-corrected chi connectivity index (χ4v) is 4.39. The molecule has 7 nitrogen and oxygen atoms in total.